The van der Waals surface area contributed by atoms with Crippen LogP contribution in [0.15, 0.2) is 39.7 Å². The van der Waals surface area contributed by atoms with Crippen LogP contribution in [0.2, 0.25) is 10.0 Å². The molecule has 9 heteroatoms. The van der Waals surface area contributed by atoms with Crippen molar-refractivity contribution in [2.24, 2.45) is 0 Å². The SMILES string of the molecule is CCOc1cc(/C=C2/SC(=O)N(C(C)C)C2=O)cc(Br)c1OCc1ccc(Cl)cc1Cl. The van der Waals surface area contributed by atoms with E-state index in [1.54, 1.807) is 30.3 Å². The van der Waals surface area contributed by atoms with E-state index in [0.29, 0.717) is 43.1 Å². The monoisotopic (exact) mass is 543 g/mol. The lowest BCUT2D eigenvalue weighted by Gasteiger charge is -2.16. The molecule has 0 aromatic heterocycles. The summed E-state index contributed by atoms with van der Waals surface area (Å²) >= 11 is 16.6. The van der Waals surface area contributed by atoms with Crippen LogP contribution in [0.5, 0.6) is 11.5 Å². The minimum Gasteiger partial charge on any atom is -0.490 e. The van der Waals surface area contributed by atoms with E-state index in [2.05, 4.69) is 15.9 Å². The van der Waals surface area contributed by atoms with E-state index in [-0.39, 0.29) is 23.8 Å². The number of ether oxygens (including phenoxy) is 2. The first-order valence-corrected chi connectivity index (χ1v) is 11.9. The zero-order valence-corrected chi connectivity index (χ0v) is 21.0. The highest BCUT2D eigenvalue weighted by atomic mass is 79.9. The lowest BCUT2D eigenvalue weighted by molar-refractivity contribution is -0.123. The van der Waals surface area contributed by atoms with Gasteiger partial charge in [-0.05, 0) is 84.4 Å². The van der Waals surface area contributed by atoms with Gasteiger partial charge in [-0.25, -0.2) is 0 Å². The van der Waals surface area contributed by atoms with Crippen molar-refractivity contribution in [2.75, 3.05) is 6.61 Å². The number of halogens is 3. The number of hydrogen-bond donors (Lipinski definition) is 0. The smallest absolute Gasteiger partial charge is 0.293 e. The normalized spacial score (nSPS) is 15.3. The standard InChI is InChI=1S/C22H20BrCl2NO4S/c1-4-29-18-8-13(9-19-21(27)26(12(2)3)22(28)31-19)7-16(23)20(18)30-11-14-5-6-15(24)10-17(14)25/h5-10,12H,4,11H2,1-3H3/b19-9+. The van der Waals surface area contributed by atoms with Crippen molar-refractivity contribution in [1.29, 1.82) is 0 Å². The first-order valence-electron chi connectivity index (χ1n) is 9.51. The van der Waals surface area contributed by atoms with Crippen LogP contribution in [0, 0.1) is 0 Å². The third-order valence-corrected chi connectivity index (χ3v) is 6.42. The van der Waals surface area contributed by atoms with Crippen molar-refractivity contribution in [3.05, 3.63) is 60.9 Å². The minimum absolute atomic E-state index is 0.195. The van der Waals surface area contributed by atoms with Gasteiger partial charge in [0, 0.05) is 21.7 Å². The maximum Gasteiger partial charge on any atom is 0.293 e. The Kier molecular flexibility index (Phi) is 7.97. The number of nitrogens with zero attached hydrogens (tertiary/aromatic N) is 1. The van der Waals surface area contributed by atoms with Crippen molar-refractivity contribution in [2.45, 2.75) is 33.4 Å². The zero-order chi connectivity index (χ0) is 22.7. The quantitative estimate of drug-likeness (QED) is 0.345. The van der Waals surface area contributed by atoms with Gasteiger partial charge in [-0.15, -0.1) is 0 Å². The van der Waals surface area contributed by atoms with Crippen LogP contribution in [-0.4, -0.2) is 28.7 Å². The Hall–Kier alpha value is -1.67. The topological polar surface area (TPSA) is 55.8 Å². The van der Waals surface area contributed by atoms with Crippen molar-refractivity contribution in [3.8, 4) is 11.5 Å². The number of rotatable bonds is 7. The molecule has 2 amide bonds. The molecule has 0 atom stereocenters. The van der Waals surface area contributed by atoms with Crippen LogP contribution < -0.4 is 9.47 Å². The first-order chi connectivity index (χ1) is 14.7. The lowest BCUT2D eigenvalue weighted by atomic mass is 10.1. The van der Waals surface area contributed by atoms with Gasteiger partial charge in [0.15, 0.2) is 11.5 Å². The fraction of sp³-hybridized carbons (Fsp3) is 0.273. The zero-order valence-electron chi connectivity index (χ0n) is 17.1. The van der Waals surface area contributed by atoms with E-state index in [9.17, 15) is 9.59 Å². The summed E-state index contributed by atoms with van der Waals surface area (Å²) < 4.78 is 12.4. The molecule has 164 valence electrons. The summed E-state index contributed by atoms with van der Waals surface area (Å²) in [6, 6.07) is 8.60. The third-order valence-electron chi connectivity index (χ3n) is 4.36. The molecule has 2 aromatic carbocycles. The van der Waals surface area contributed by atoms with Crippen LogP contribution in [0.4, 0.5) is 4.79 Å². The molecule has 1 heterocycles. The Balaban J connectivity index is 1.88. The van der Waals surface area contributed by atoms with E-state index < -0.39 is 0 Å². The molecule has 0 aliphatic carbocycles. The molecule has 0 bridgehead atoms. The summed E-state index contributed by atoms with van der Waals surface area (Å²) in [4.78, 5) is 26.3. The van der Waals surface area contributed by atoms with Crippen molar-refractivity contribution in [3.63, 3.8) is 0 Å². The number of hydrogen-bond acceptors (Lipinski definition) is 5. The molecule has 5 nitrogen and oxygen atoms in total. The second-order valence-electron chi connectivity index (χ2n) is 6.93. The lowest BCUT2D eigenvalue weighted by Crippen LogP contribution is -2.34. The second kappa shape index (κ2) is 10.3. The molecule has 31 heavy (non-hydrogen) atoms. The average molecular weight is 545 g/mol. The number of carbonyl (C=O) groups is 2. The number of benzene rings is 2. The highest BCUT2D eigenvalue weighted by Gasteiger charge is 2.36. The van der Waals surface area contributed by atoms with Crippen LogP contribution in [0.1, 0.15) is 31.9 Å². The highest BCUT2D eigenvalue weighted by molar-refractivity contribution is 9.10. The molecule has 0 radical (unpaired) electrons. The third kappa shape index (κ3) is 5.58. The van der Waals surface area contributed by atoms with E-state index in [1.165, 1.54) is 4.90 Å². The molecular formula is C22H20BrCl2NO4S. The summed E-state index contributed by atoms with van der Waals surface area (Å²) in [6.45, 7) is 6.14. The Labute approximate surface area is 203 Å². The summed E-state index contributed by atoms with van der Waals surface area (Å²) in [7, 11) is 0. The van der Waals surface area contributed by atoms with E-state index in [0.717, 1.165) is 17.3 Å². The van der Waals surface area contributed by atoms with Gasteiger partial charge in [-0.3, -0.25) is 14.5 Å². The second-order valence-corrected chi connectivity index (χ2v) is 9.62. The predicted octanol–water partition coefficient (Wildman–Crippen LogP) is 7.18. The Morgan fingerprint density at radius 1 is 1.16 bits per heavy atom. The van der Waals surface area contributed by atoms with Crippen LogP contribution in [0.25, 0.3) is 6.08 Å². The molecule has 0 N–H and O–H groups in total. The van der Waals surface area contributed by atoms with E-state index >= 15 is 0 Å². The highest BCUT2D eigenvalue weighted by Crippen LogP contribution is 2.40. The molecule has 0 unspecified atom stereocenters. The summed E-state index contributed by atoms with van der Waals surface area (Å²) in [5, 5.41) is 0.797. The van der Waals surface area contributed by atoms with Crippen molar-refractivity contribution in [1.82, 2.24) is 4.90 Å². The molecule has 1 aliphatic heterocycles. The van der Waals surface area contributed by atoms with Gasteiger partial charge < -0.3 is 9.47 Å². The molecular weight excluding hydrogens is 525 g/mol. The van der Waals surface area contributed by atoms with Crippen molar-refractivity contribution >= 4 is 68.1 Å². The van der Waals surface area contributed by atoms with Gasteiger partial charge in [-0.1, -0.05) is 29.3 Å². The molecule has 1 saturated heterocycles. The minimum atomic E-state index is -0.295. The molecule has 1 fully saturated rings. The number of imide groups is 1. The van der Waals surface area contributed by atoms with E-state index in [1.807, 2.05) is 26.8 Å². The molecule has 1 aliphatic rings. The average Bonchev–Trinajstić information content (AvgIpc) is 2.96. The van der Waals surface area contributed by atoms with Gasteiger partial charge in [0.2, 0.25) is 0 Å². The van der Waals surface area contributed by atoms with E-state index in [4.69, 9.17) is 32.7 Å². The van der Waals surface area contributed by atoms with Crippen molar-refractivity contribution < 1.29 is 19.1 Å². The molecule has 0 spiro atoms. The summed E-state index contributed by atoms with van der Waals surface area (Å²) in [5.74, 6) is 0.730. The summed E-state index contributed by atoms with van der Waals surface area (Å²) in [6.07, 6.45) is 1.68. The van der Waals surface area contributed by atoms with Crippen LogP contribution in [0.3, 0.4) is 0 Å². The van der Waals surface area contributed by atoms with Crippen LogP contribution in [-0.2, 0) is 11.4 Å². The first kappa shape index (κ1) is 24.0. The molecule has 0 saturated carbocycles. The Morgan fingerprint density at radius 3 is 2.52 bits per heavy atom. The van der Waals surface area contributed by atoms with Gasteiger partial charge in [0.1, 0.15) is 6.61 Å². The molecule has 3 rings (SSSR count). The number of thioether (sulfide) groups is 1. The Morgan fingerprint density at radius 2 is 1.90 bits per heavy atom. The van der Waals surface area contributed by atoms with Gasteiger partial charge in [0.25, 0.3) is 11.1 Å². The Bertz CT molecular complexity index is 1060. The molecule has 2 aromatic rings. The largest absolute Gasteiger partial charge is 0.490 e. The number of amides is 2. The fourth-order valence-corrected chi connectivity index (χ4v) is 4.94. The fourth-order valence-electron chi connectivity index (χ4n) is 2.94. The van der Waals surface area contributed by atoms with Crippen LogP contribution >= 0.6 is 50.9 Å². The maximum atomic E-state index is 12.6. The van der Waals surface area contributed by atoms with Gasteiger partial charge in [0.05, 0.1) is 16.0 Å². The van der Waals surface area contributed by atoms with Gasteiger partial charge >= 0.3 is 0 Å². The maximum absolute atomic E-state index is 12.6. The predicted molar refractivity (Wildman–Crippen MR) is 129 cm³/mol. The summed E-state index contributed by atoms with van der Waals surface area (Å²) in [5.41, 5.74) is 1.49. The van der Waals surface area contributed by atoms with Gasteiger partial charge in [-0.2, -0.15) is 0 Å². The number of carbonyl (C=O) groups excluding carboxylic acids is 2.